The van der Waals surface area contributed by atoms with E-state index < -0.39 is 36.0 Å². The molecule has 4 aromatic rings. The van der Waals surface area contributed by atoms with Gasteiger partial charge in [-0.3, -0.25) is 24.0 Å². The molecule has 4 aromatic carbocycles. The molecule has 12 nitrogen and oxygen atoms in total. The van der Waals surface area contributed by atoms with Gasteiger partial charge in [0.25, 0.3) is 5.91 Å². The minimum absolute atomic E-state index is 0.00521. The van der Waals surface area contributed by atoms with Gasteiger partial charge in [-0.2, -0.15) is 0 Å². The molecule has 0 saturated heterocycles. The van der Waals surface area contributed by atoms with E-state index in [9.17, 15) is 32.8 Å². The van der Waals surface area contributed by atoms with Crippen molar-refractivity contribution in [3.05, 3.63) is 114 Å². The van der Waals surface area contributed by atoms with Crippen LogP contribution in [0.1, 0.15) is 65.9 Å². The topological polar surface area (TPSA) is 180 Å². The summed E-state index contributed by atoms with van der Waals surface area (Å²) < 4.78 is 40.8. The van der Waals surface area contributed by atoms with Crippen molar-refractivity contribution in [1.82, 2.24) is 5.32 Å². The predicted octanol–water partition coefficient (Wildman–Crippen LogP) is 9.67. The zero-order valence-corrected chi connectivity index (χ0v) is 35.6. The van der Waals surface area contributed by atoms with E-state index in [0.29, 0.717) is 11.1 Å². The maximum atomic E-state index is 14.8. The molecule has 0 unspecified atom stereocenters. The fourth-order valence-electron chi connectivity index (χ4n) is 5.05. The van der Waals surface area contributed by atoms with Crippen LogP contribution in [0.25, 0.3) is 0 Å². The van der Waals surface area contributed by atoms with Gasteiger partial charge in [0.05, 0.1) is 37.9 Å². The number of ether oxygens (including phenoxy) is 2. The molecule has 0 bridgehead atoms. The quantitative estimate of drug-likeness (QED) is 0.0777. The van der Waals surface area contributed by atoms with Crippen LogP contribution in [0.3, 0.4) is 0 Å². The number of aliphatic carboxylic acids is 2. The summed E-state index contributed by atoms with van der Waals surface area (Å²) in [5.74, 6) is -5.19. The molecular formula is C41H41Cl4F2N3O9. The smallest absolute Gasteiger partial charge is 0.322 e. The molecule has 3 amide bonds. The van der Waals surface area contributed by atoms with Crippen molar-refractivity contribution in [3.63, 3.8) is 0 Å². The highest BCUT2D eigenvalue weighted by Gasteiger charge is 2.20. The average molecular weight is 900 g/mol. The summed E-state index contributed by atoms with van der Waals surface area (Å²) in [5.41, 5.74) is 2.44. The van der Waals surface area contributed by atoms with Gasteiger partial charge < -0.3 is 35.6 Å². The van der Waals surface area contributed by atoms with Crippen molar-refractivity contribution in [2.24, 2.45) is 11.8 Å². The molecule has 0 aromatic heterocycles. The van der Waals surface area contributed by atoms with Crippen LogP contribution in [0.5, 0.6) is 11.5 Å². The fourth-order valence-corrected chi connectivity index (χ4v) is 6.28. The number of benzene rings is 4. The molecule has 0 aliphatic carbocycles. The number of hydrogen-bond donors (Lipinski definition) is 5. The molecular weight excluding hydrogens is 858 g/mol. The van der Waals surface area contributed by atoms with Crippen LogP contribution in [0.15, 0.2) is 48.5 Å². The summed E-state index contributed by atoms with van der Waals surface area (Å²) in [6.07, 6.45) is -0.231. The summed E-state index contributed by atoms with van der Waals surface area (Å²) in [7, 11) is 0. The number of rotatable bonds is 15. The Morgan fingerprint density at radius 3 is 1.37 bits per heavy atom. The number of amides is 3. The van der Waals surface area contributed by atoms with Crippen molar-refractivity contribution >= 4 is 87.4 Å². The summed E-state index contributed by atoms with van der Waals surface area (Å²) in [4.78, 5) is 57.2. The van der Waals surface area contributed by atoms with Gasteiger partial charge >= 0.3 is 11.9 Å². The Morgan fingerprint density at radius 1 is 0.627 bits per heavy atom. The number of carboxylic acid groups (broad SMARTS) is 2. The SMILES string of the molecule is Cc1cc(COc2c(Cl)cc(C(=O)NCC(=O)O)cc2Cl)c(F)c(NC(=O)C(C)C)c1.Cc1cc(COc2c(Cl)cc(CC(=O)O)cc2Cl)c(F)c(NC(=O)C(C)C)c1. The fraction of sp³-hybridized carbons (Fsp3) is 0.293. The Labute approximate surface area is 359 Å². The number of hydrogen-bond acceptors (Lipinski definition) is 7. The van der Waals surface area contributed by atoms with Gasteiger partial charge in [0, 0.05) is 28.5 Å². The third kappa shape index (κ3) is 14.3. The third-order valence-corrected chi connectivity index (χ3v) is 9.09. The van der Waals surface area contributed by atoms with Crippen LogP contribution in [-0.2, 0) is 38.8 Å². The number of carboxylic acids is 2. The van der Waals surface area contributed by atoms with Crippen molar-refractivity contribution in [3.8, 4) is 11.5 Å². The first-order chi connectivity index (χ1) is 27.6. The molecule has 0 aliphatic heterocycles. The predicted molar refractivity (Wildman–Crippen MR) is 222 cm³/mol. The Morgan fingerprint density at radius 2 is 1.02 bits per heavy atom. The zero-order chi connectivity index (χ0) is 44.3. The van der Waals surface area contributed by atoms with E-state index in [4.69, 9.17) is 66.1 Å². The highest BCUT2D eigenvalue weighted by Crippen LogP contribution is 2.37. The van der Waals surface area contributed by atoms with E-state index in [0.717, 1.165) is 5.56 Å². The van der Waals surface area contributed by atoms with E-state index in [1.165, 1.54) is 30.3 Å². The lowest BCUT2D eigenvalue weighted by Gasteiger charge is -2.15. The number of anilines is 2. The number of nitrogens with one attached hydrogen (secondary N) is 3. The second kappa shape index (κ2) is 21.7. The number of carbonyl (C=O) groups excluding carboxylic acids is 3. The van der Waals surface area contributed by atoms with Crippen LogP contribution >= 0.6 is 46.4 Å². The lowest BCUT2D eigenvalue weighted by atomic mass is 10.1. The molecule has 0 heterocycles. The molecule has 0 aliphatic rings. The first-order valence-corrected chi connectivity index (χ1v) is 19.2. The van der Waals surface area contributed by atoms with Crippen LogP contribution in [-0.4, -0.2) is 46.4 Å². The van der Waals surface area contributed by atoms with Crippen LogP contribution < -0.4 is 25.4 Å². The first kappa shape index (κ1) is 48.2. The van der Waals surface area contributed by atoms with E-state index in [2.05, 4.69) is 16.0 Å². The van der Waals surface area contributed by atoms with Crippen molar-refractivity contribution in [1.29, 1.82) is 0 Å². The summed E-state index contributed by atoms with van der Waals surface area (Å²) in [5, 5.41) is 25.0. The molecule has 4 rings (SSSR count). The Hall–Kier alpha value is -5.15. The standard InChI is InChI=1S/C21H21Cl2FN2O5.C20H20Cl2FNO4/c1-10(2)20(29)26-16-5-11(3)4-13(18(16)24)9-31-19-14(22)6-12(7-15(19)23)21(30)25-8-17(27)28;1-10(2)20(27)24-16-5-11(3)4-13(18(16)23)9-28-19-14(21)6-12(7-15(19)22)8-17(25)26/h4-7,10H,8-9H2,1-3H3,(H,25,30)(H,26,29)(H,27,28);4-7,10H,8-9H2,1-3H3,(H,24,27)(H,25,26). The van der Waals surface area contributed by atoms with E-state index in [1.54, 1.807) is 59.7 Å². The van der Waals surface area contributed by atoms with Gasteiger partial charge in [0.15, 0.2) is 23.1 Å². The van der Waals surface area contributed by atoms with E-state index in [1.807, 2.05) is 0 Å². The number of halogens is 6. The molecule has 59 heavy (non-hydrogen) atoms. The van der Waals surface area contributed by atoms with Crippen LogP contribution in [0.4, 0.5) is 20.2 Å². The molecule has 5 N–H and O–H groups in total. The van der Waals surface area contributed by atoms with Crippen LogP contribution in [0.2, 0.25) is 20.1 Å². The minimum Gasteiger partial charge on any atom is -0.486 e. The van der Waals surface area contributed by atoms with E-state index >= 15 is 0 Å². The van der Waals surface area contributed by atoms with Gasteiger partial charge in [-0.25, -0.2) is 8.78 Å². The Bertz CT molecular complexity index is 2210. The second-order valence-electron chi connectivity index (χ2n) is 13.7. The summed E-state index contributed by atoms with van der Waals surface area (Å²) in [6.45, 7) is 9.38. The summed E-state index contributed by atoms with van der Waals surface area (Å²) >= 11 is 24.6. The normalized spacial score (nSPS) is 10.7. The Balaban J connectivity index is 0.000000317. The van der Waals surface area contributed by atoms with Crippen molar-refractivity contribution in [2.45, 2.75) is 61.2 Å². The monoisotopic (exact) mass is 897 g/mol. The maximum absolute atomic E-state index is 14.8. The summed E-state index contributed by atoms with van der Waals surface area (Å²) in [6, 6.07) is 11.6. The van der Waals surface area contributed by atoms with Gasteiger partial charge in [-0.1, -0.05) is 74.1 Å². The number of carbonyl (C=O) groups is 5. The lowest BCUT2D eigenvalue weighted by Crippen LogP contribution is -2.29. The largest absolute Gasteiger partial charge is 0.486 e. The lowest BCUT2D eigenvalue weighted by molar-refractivity contribution is -0.137. The average Bonchev–Trinajstić information content (AvgIpc) is 3.13. The number of aryl methyl sites for hydroxylation is 2. The third-order valence-electron chi connectivity index (χ3n) is 7.97. The molecule has 0 fully saturated rings. The van der Waals surface area contributed by atoms with Gasteiger partial charge in [0.2, 0.25) is 11.8 Å². The van der Waals surface area contributed by atoms with Crippen molar-refractivity contribution in [2.75, 3.05) is 17.2 Å². The van der Waals surface area contributed by atoms with Crippen LogP contribution in [0, 0.1) is 37.3 Å². The van der Waals surface area contributed by atoms with Gasteiger partial charge in [-0.05, 0) is 79.1 Å². The van der Waals surface area contributed by atoms with Crippen molar-refractivity contribution < 1.29 is 52.4 Å². The minimum atomic E-state index is -1.20. The molecule has 0 radical (unpaired) electrons. The highest BCUT2D eigenvalue weighted by molar-refractivity contribution is 6.38. The van der Waals surface area contributed by atoms with E-state index in [-0.39, 0.29) is 103 Å². The Kier molecular flexibility index (Phi) is 17.8. The maximum Gasteiger partial charge on any atom is 0.322 e. The molecule has 0 spiro atoms. The molecule has 0 saturated carbocycles. The highest BCUT2D eigenvalue weighted by atomic mass is 35.5. The molecule has 18 heteroatoms. The first-order valence-electron chi connectivity index (χ1n) is 17.7. The van der Waals surface area contributed by atoms with Gasteiger partial charge in [0.1, 0.15) is 19.8 Å². The molecule has 316 valence electrons. The zero-order valence-electron chi connectivity index (χ0n) is 32.6. The van der Waals surface area contributed by atoms with Gasteiger partial charge in [-0.15, -0.1) is 0 Å². The molecule has 0 atom stereocenters. The second-order valence-corrected chi connectivity index (χ2v) is 15.4.